The molecule has 1 fully saturated rings. The number of carbonyl (C=O) groups excluding carboxylic acids is 1. The van der Waals surface area contributed by atoms with Gasteiger partial charge in [0.1, 0.15) is 5.57 Å². The lowest BCUT2D eigenvalue weighted by Gasteiger charge is -2.21. The van der Waals surface area contributed by atoms with E-state index in [1.807, 2.05) is 6.92 Å². The van der Waals surface area contributed by atoms with Gasteiger partial charge in [-0.05, 0) is 73.1 Å². The highest BCUT2D eigenvalue weighted by Crippen LogP contribution is 2.47. The van der Waals surface area contributed by atoms with Crippen LogP contribution in [0.3, 0.4) is 0 Å². The van der Waals surface area contributed by atoms with E-state index in [2.05, 4.69) is 0 Å². The zero-order valence-corrected chi connectivity index (χ0v) is 14.3. The lowest BCUT2D eigenvalue weighted by Crippen LogP contribution is -2.27. The number of aryl methyl sites for hydroxylation is 1. The second kappa shape index (κ2) is 5.94. The lowest BCUT2D eigenvalue weighted by molar-refractivity contribution is -0.146. The number of hydrogen-bond acceptors (Lipinski definition) is 3. The normalized spacial score (nSPS) is 18.7. The molecule has 0 aromatic heterocycles. The molecule has 1 N–H and O–H groups in total. The summed E-state index contributed by atoms with van der Waals surface area (Å²) in [6.45, 7) is 1.83. The van der Waals surface area contributed by atoms with Gasteiger partial charge in [0.2, 0.25) is 0 Å². The molecule has 0 radical (unpaired) electrons. The topological polar surface area (TPSA) is 46.5 Å². The van der Waals surface area contributed by atoms with E-state index in [1.165, 1.54) is 6.07 Å². The van der Waals surface area contributed by atoms with Crippen LogP contribution in [-0.4, -0.2) is 16.7 Å². The van der Waals surface area contributed by atoms with Gasteiger partial charge in [0.05, 0.1) is 0 Å². The molecule has 4 rings (SSSR count). The number of benzene rings is 2. The minimum absolute atomic E-state index is 0.00876. The van der Waals surface area contributed by atoms with Crippen LogP contribution in [0.25, 0.3) is 16.7 Å². The molecule has 0 saturated heterocycles. The maximum absolute atomic E-state index is 13.6. The van der Waals surface area contributed by atoms with E-state index in [9.17, 15) is 18.7 Å². The third-order valence-electron chi connectivity index (χ3n) is 5.33. The highest BCUT2D eigenvalue weighted by Gasteiger charge is 2.50. The van der Waals surface area contributed by atoms with E-state index >= 15 is 0 Å². The Morgan fingerprint density at radius 1 is 1.00 bits per heavy atom. The second-order valence-corrected chi connectivity index (χ2v) is 6.97. The van der Waals surface area contributed by atoms with Crippen LogP contribution < -0.4 is 0 Å². The van der Waals surface area contributed by atoms with Crippen LogP contribution in [0.15, 0.2) is 42.2 Å². The van der Waals surface area contributed by atoms with Gasteiger partial charge in [0.15, 0.2) is 23.0 Å². The molecular formula is C21H18F2O3. The van der Waals surface area contributed by atoms with E-state index < -0.39 is 23.2 Å². The monoisotopic (exact) mass is 356 g/mol. The van der Waals surface area contributed by atoms with Crippen LogP contribution >= 0.6 is 0 Å². The number of ether oxygens (including phenoxy) is 1. The van der Waals surface area contributed by atoms with Crippen molar-refractivity contribution < 1.29 is 23.4 Å². The molecule has 1 aliphatic carbocycles. The third-order valence-corrected chi connectivity index (χ3v) is 5.33. The first-order valence-electron chi connectivity index (χ1n) is 8.65. The molecular weight excluding hydrogens is 338 g/mol. The summed E-state index contributed by atoms with van der Waals surface area (Å²) < 4.78 is 32.3. The van der Waals surface area contributed by atoms with Gasteiger partial charge in [-0.1, -0.05) is 18.2 Å². The predicted octanol–water partition coefficient (Wildman–Crippen LogP) is 5.08. The summed E-state index contributed by atoms with van der Waals surface area (Å²) in [6.07, 6.45) is 3.04. The molecule has 0 atom stereocenters. The Kier molecular flexibility index (Phi) is 3.83. The van der Waals surface area contributed by atoms with E-state index in [0.29, 0.717) is 29.5 Å². The van der Waals surface area contributed by atoms with Crippen LogP contribution in [0.5, 0.6) is 0 Å². The molecule has 1 aliphatic heterocycles. The van der Waals surface area contributed by atoms with Gasteiger partial charge in [-0.15, -0.1) is 0 Å². The summed E-state index contributed by atoms with van der Waals surface area (Å²) in [7, 11) is 0. The molecule has 0 amide bonds. The van der Waals surface area contributed by atoms with Crippen molar-refractivity contribution in [3.63, 3.8) is 0 Å². The standard InChI is InChI=1S/C21H18F2O3/c1-12-4-5-13(14-6-7-16(22)17(23)11-14)10-15(12)18-19(24)21(26-20(18)25)8-2-3-9-21/h4-7,10-11,24H,2-3,8-9H2,1H3. The first-order chi connectivity index (χ1) is 12.4. The Labute approximate surface area is 149 Å². The van der Waals surface area contributed by atoms with Crippen molar-refractivity contribution in [3.05, 3.63) is 64.9 Å². The maximum Gasteiger partial charge on any atom is 0.343 e. The van der Waals surface area contributed by atoms with Crippen molar-refractivity contribution in [1.29, 1.82) is 0 Å². The molecule has 134 valence electrons. The molecule has 1 spiro atoms. The number of esters is 1. The van der Waals surface area contributed by atoms with Crippen molar-refractivity contribution >= 4 is 11.5 Å². The molecule has 0 bridgehead atoms. The average Bonchev–Trinajstić information content (AvgIpc) is 3.17. The molecule has 1 heterocycles. The number of rotatable bonds is 2. The largest absolute Gasteiger partial charge is 0.507 e. The van der Waals surface area contributed by atoms with E-state index in [-0.39, 0.29) is 11.3 Å². The zero-order chi connectivity index (χ0) is 18.5. The van der Waals surface area contributed by atoms with Crippen molar-refractivity contribution in [2.45, 2.75) is 38.2 Å². The Morgan fingerprint density at radius 2 is 1.65 bits per heavy atom. The van der Waals surface area contributed by atoms with Gasteiger partial charge in [0.25, 0.3) is 0 Å². The van der Waals surface area contributed by atoms with Gasteiger partial charge in [-0.2, -0.15) is 0 Å². The quantitative estimate of drug-likeness (QED) is 0.764. The Bertz CT molecular complexity index is 940. The zero-order valence-electron chi connectivity index (χ0n) is 14.3. The maximum atomic E-state index is 13.6. The summed E-state index contributed by atoms with van der Waals surface area (Å²) in [5, 5.41) is 10.8. The fourth-order valence-electron chi connectivity index (χ4n) is 3.87. The highest BCUT2D eigenvalue weighted by molar-refractivity contribution is 6.20. The third kappa shape index (κ3) is 2.50. The SMILES string of the molecule is Cc1ccc(-c2ccc(F)c(F)c2)cc1C1=C(O)C2(CCCC2)OC1=O. The lowest BCUT2D eigenvalue weighted by atomic mass is 9.91. The summed E-state index contributed by atoms with van der Waals surface area (Å²) in [4.78, 5) is 12.5. The highest BCUT2D eigenvalue weighted by atomic mass is 19.2. The van der Waals surface area contributed by atoms with Gasteiger partial charge < -0.3 is 9.84 Å². The van der Waals surface area contributed by atoms with Crippen LogP contribution in [-0.2, 0) is 9.53 Å². The van der Waals surface area contributed by atoms with E-state index in [4.69, 9.17) is 4.74 Å². The first-order valence-corrected chi connectivity index (χ1v) is 8.65. The molecule has 3 nitrogen and oxygen atoms in total. The molecule has 1 saturated carbocycles. The molecule has 0 unspecified atom stereocenters. The van der Waals surface area contributed by atoms with Gasteiger partial charge in [-0.3, -0.25) is 0 Å². The number of aliphatic hydroxyl groups is 1. The first kappa shape index (κ1) is 16.8. The van der Waals surface area contributed by atoms with Crippen molar-refractivity contribution in [2.75, 3.05) is 0 Å². The summed E-state index contributed by atoms with van der Waals surface area (Å²) in [6, 6.07) is 8.94. The van der Waals surface area contributed by atoms with Crippen LogP contribution in [0, 0.1) is 18.6 Å². The summed E-state index contributed by atoms with van der Waals surface area (Å²) in [5.41, 5.74) is 1.76. The van der Waals surface area contributed by atoms with Crippen molar-refractivity contribution in [1.82, 2.24) is 0 Å². The predicted molar refractivity (Wildman–Crippen MR) is 93.4 cm³/mol. The van der Waals surface area contributed by atoms with Gasteiger partial charge in [-0.25, -0.2) is 13.6 Å². The minimum Gasteiger partial charge on any atom is -0.507 e. The van der Waals surface area contributed by atoms with Gasteiger partial charge in [0, 0.05) is 0 Å². The smallest absolute Gasteiger partial charge is 0.343 e. The Balaban J connectivity index is 1.83. The summed E-state index contributed by atoms with van der Waals surface area (Å²) >= 11 is 0. The van der Waals surface area contributed by atoms with Crippen LogP contribution in [0.1, 0.15) is 36.8 Å². The van der Waals surface area contributed by atoms with E-state index in [1.54, 1.807) is 18.2 Å². The number of aliphatic hydroxyl groups excluding tert-OH is 1. The van der Waals surface area contributed by atoms with Gasteiger partial charge >= 0.3 is 5.97 Å². The molecule has 2 aromatic rings. The van der Waals surface area contributed by atoms with Crippen LogP contribution in [0.4, 0.5) is 8.78 Å². The number of hydrogen-bond donors (Lipinski definition) is 1. The second-order valence-electron chi connectivity index (χ2n) is 6.97. The number of carbonyl (C=O) groups is 1. The Hall–Kier alpha value is -2.69. The van der Waals surface area contributed by atoms with Crippen molar-refractivity contribution in [3.8, 4) is 11.1 Å². The van der Waals surface area contributed by atoms with E-state index in [0.717, 1.165) is 30.5 Å². The molecule has 5 heteroatoms. The molecule has 2 aliphatic rings. The van der Waals surface area contributed by atoms with Crippen molar-refractivity contribution in [2.24, 2.45) is 0 Å². The molecule has 26 heavy (non-hydrogen) atoms. The fraction of sp³-hybridized carbons (Fsp3) is 0.286. The fourth-order valence-corrected chi connectivity index (χ4v) is 3.87. The summed E-state index contributed by atoms with van der Waals surface area (Å²) in [5.74, 6) is -2.39. The molecule has 2 aromatic carbocycles. The minimum atomic E-state index is -0.933. The van der Waals surface area contributed by atoms with Crippen LogP contribution in [0.2, 0.25) is 0 Å². The number of halogens is 2. The average molecular weight is 356 g/mol. The Morgan fingerprint density at radius 3 is 2.35 bits per heavy atom.